The van der Waals surface area contributed by atoms with Crippen LogP contribution in [0.15, 0.2) is 11.6 Å². The van der Waals surface area contributed by atoms with E-state index in [4.69, 9.17) is 9.47 Å². The molecule has 0 aromatic carbocycles. The van der Waals surface area contributed by atoms with Crippen LogP contribution in [0.2, 0.25) is 0 Å². The summed E-state index contributed by atoms with van der Waals surface area (Å²) >= 11 is 0. The van der Waals surface area contributed by atoms with Crippen LogP contribution in [0.3, 0.4) is 0 Å². The van der Waals surface area contributed by atoms with Gasteiger partial charge < -0.3 is 14.4 Å². The lowest BCUT2D eigenvalue weighted by Crippen LogP contribution is -2.73. The van der Waals surface area contributed by atoms with Crippen LogP contribution in [-0.4, -0.2) is 41.8 Å². The van der Waals surface area contributed by atoms with Gasteiger partial charge in [0, 0.05) is 24.1 Å². The van der Waals surface area contributed by atoms with Crippen LogP contribution in [-0.2, 0) is 14.3 Å². The van der Waals surface area contributed by atoms with Gasteiger partial charge >= 0.3 is 12.1 Å². The Hall–Kier alpha value is -1.52. The van der Waals surface area contributed by atoms with Crippen molar-refractivity contribution >= 4 is 12.1 Å². The first-order valence-electron chi connectivity index (χ1n) is 8.74. The Morgan fingerprint density at radius 3 is 2.25 bits per heavy atom. The van der Waals surface area contributed by atoms with Gasteiger partial charge in [-0.1, -0.05) is 26.3 Å². The van der Waals surface area contributed by atoms with Crippen molar-refractivity contribution < 1.29 is 19.1 Å². The summed E-state index contributed by atoms with van der Waals surface area (Å²) in [6.45, 7) is 15.0. The molecule has 0 aromatic rings. The van der Waals surface area contributed by atoms with Crippen molar-refractivity contribution in [2.24, 2.45) is 10.8 Å². The Morgan fingerprint density at radius 1 is 1.21 bits per heavy atom. The van der Waals surface area contributed by atoms with Gasteiger partial charge in [-0.05, 0) is 46.0 Å². The minimum atomic E-state index is -0.489. The van der Waals surface area contributed by atoms with Gasteiger partial charge in [0.1, 0.15) is 5.60 Å². The molecular formula is C19H31NO4. The molecule has 0 radical (unpaired) electrons. The molecule has 0 bridgehead atoms. The van der Waals surface area contributed by atoms with Crippen LogP contribution < -0.4 is 0 Å². The van der Waals surface area contributed by atoms with Gasteiger partial charge in [-0.25, -0.2) is 9.59 Å². The molecule has 1 atom stereocenters. The first-order chi connectivity index (χ1) is 10.9. The van der Waals surface area contributed by atoms with Gasteiger partial charge in [-0.15, -0.1) is 0 Å². The highest BCUT2D eigenvalue weighted by Gasteiger charge is 2.63. The second kappa shape index (κ2) is 6.08. The van der Waals surface area contributed by atoms with Crippen molar-refractivity contribution in [3.8, 4) is 0 Å². The number of amides is 1. The van der Waals surface area contributed by atoms with E-state index in [-0.39, 0.29) is 28.9 Å². The van der Waals surface area contributed by atoms with E-state index in [1.54, 1.807) is 13.0 Å². The first-order valence-corrected chi connectivity index (χ1v) is 8.74. The standard InChI is InChI=1S/C19H31NO4/c1-8-23-14(21)9-13-10-19(11-13)12-20(15(19)17(2,3)4)16(22)24-18(5,6)7/h9,15H,8,10-12H2,1-7H3. The van der Waals surface area contributed by atoms with E-state index >= 15 is 0 Å². The molecule has 136 valence electrons. The summed E-state index contributed by atoms with van der Waals surface area (Å²) < 4.78 is 10.5. The van der Waals surface area contributed by atoms with Crippen molar-refractivity contribution in [3.05, 3.63) is 11.6 Å². The van der Waals surface area contributed by atoms with E-state index in [0.29, 0.717) is 13.2 Å². The quantitative estimate of drug-likeness (QED) is 0.566. The van der Waals surface area contributed by atoms with Gasteiger partial charge in [-0.3, -0.25) is 0 Å². The number of hydrogen-bond acceptors (Lipinski definition) is 4. The maximum Gasteiger partial charge on any atom is 0.410 e. The average molecular weight is 337 g/mol. The fourth-order valence-electron chi connectivity index (χ4n) is 4.22. The molecule has 1 heterocycles. The third kappa shape index (κ3) is 3.76. The minimum absolute atomic E-state index is 0.0371. The largest absolute Gasteiger partial charge is 0.463 e. The van der Waals surface area contributed by atoms with Crippen molar-refractivity contribution in [2.45, 2.75) is 73.0 Å². The number of likely N-dealkylation sites (tertiary alicyclic amines) is 1. The molecule has 24 heavy (non-hydrogen) atoms. The molecule has 1 unspecified atom stereocenters. The molecule has 5 heteroatoms. The second-order valence-corrected chi connectivity index (χ2v) is 9.15. The predicted molar refractivity (Wildman–Crippen MR) is 92.6 cm³/mol. The highest BCUT2D eigenvalue weighted by atomic mass is 16.6. The topological polar surface area (TPSA) is 55.8 Å². The predicted octanol–water partition coefficient (Wildman–Crippen LogP) is 3.92. The number of ether oxygens (including phenoxy) is 2. The number of nitrogens with zero attached hydrogens (tertiary/aromatic N) is 1. The van der Waals surface area contributed by atoms with E-state index in [1.807, 2.05) is 25.7 Å². The summed E-state index contributed by atoms with van der Waals surface area (Å²) in [6.07, 6.45) is 3.08. The molecule has 1 saturated carbocycles. The smallest absolute Gasteiger partial charge is 0.410 e. The van der Waals surface area contributed by atoms with Gasteiger partial charge in [-0.2, -0.15) is 0 Å². The summed E-state index contributed by atoms with van der Waals surface area (Å²) in [6, 6.07) is 0.124. The molecule has 2 rings (SSSR count). The number of carbonyl (C=O) groups excluding carboxylic acids is 2. The summed E-state index contributed by atoms with van der Waals surface area (Å²) in [5, 5.41) is 0. The van der Waals surface area contributed by atoms with Crippen molar-refractivity contribution in [1.29, 1.82) is 0 Å². The Labute approximate surface area is 145 Å². The van der Waals surface area contributed by atoms with Crippen molar-refractivity contribution in [3.63, 3.8) is 0 Å². The van der Waals surface area contributed by atoms with Crippen LogP contribution >= 0.6 is 0 Å². The molecular weight excluding hydrogens is 306 g/mol. The van der Waals surface area contributed by atoms with Crippen molar-refractivity contribution in [1.82, 2.24) is 4.90 Å². The van der Waals surface area contributed by atoms with Gasteiger partial charge in [0.05, 0.1) is 6.61 Å². The summed E-state index contributed by atoms with van der Waals surface area (Å²) in [4.78, 5) is 25.9. The molecule has 1 aliphatic heterocycles. The third-order valence-corrected chi connectivity index (χ3v) is 4.59. The van der Waals surface area contributed by atoms with Gasteiger partial charge in [0.15, 0.2) is 0 Å². The van der Waals surface area contributed by atoms with Crippen LogP contribution in [0.25, 0.3) is 0 Å². The number of allylic oxidation sites excluding steroid dienone is 1. The third-order valence-electron chi connectivity index (χ3n) is 4.59. The summed E-state index contributed by atoms with van der Waals surface area (Å²) in [5.74, 6) is -0.266. The maximum absolute atomic E-state index is 12.5. The second-order valence-electron chi connectivity index (χ2n) is 9.15. The number of esters is 1. The minimum Gasteiger partial charge on any atom is -0.463 e. The fraction of sp³-hybridized carbons (Fsp3) is 0.789. The molecule has 0 N–H and O–H groups in total. The fourth-order valence-corrected chi connectivity index (χ4v) is 4.22. The lowest BCUT2D eigenvalue weighted by Gasteiger charge is -2.66. The number of carbonyl (C=O) groups is 2. The zero-order chi connectivity index (χ0) is 18.3. The molecule has 1 spiro atoms. The molecule has 1 saturated heterocycles. The lowest BCUT2D eigenvalue weighted by molar-refractivity contribution is -0.143. The summed E-state index contributed by atoms with van der Waals surface area (Å²) in [7, 11) is 0. The van der Waals surface area contributed by atoms with E-state index in [0.717, 1.165) is 18.4 Å². The monoisotopic (exact) mass is 337 g/mol. The Bertz CT molecular complexity index is 543. The maximum atomic E-state index is 12.5. The highest BCUT2D eigenvalue weighted by molar-refractivity contribution is 5.83. The van der Waals surface area contributed by atoms with Crippen LogP contribution in [0.1, 0.15) is 61.3 Å². The van der Waals surface area contributed by atoms with Gasteiger partial charge in [0.2, 0.25) is 0 Å². The normalized spacial score (nSPS) is 26.5. The van der Waals surface area contributed by atoms with E-state index < -0.39 is 5.60 Å². The first kappa shape index (κ1) is 18.8. The molecule has 2 fully saturated rings. The average Bonchev–Trinajstić information content (AvgIpc) is 2.26. The zero-order valence-corrected chi connectivity index (χ0v) is 16.1. The molecule has 1 aliphatic carbocycles. The molecule has 0 aromatic heterocycles. The van der Waals surface area contributed by atoms with Gasteiger partial charge in [0.25, 0.3) is 0 Å². The van der Waals surface area contributed by atoms with Crippen LogP contribution in [0.4, 0.5) is 4.79 Å². The number of rotatable bonds is 2. The van der Waals surface area contributed by atoms with E-state index in [2.05, 4.69) is 20.8 Å². The molecule has 5 nitrogen and oxygen atoms in total. The zero-order valence-electron chi connectivity index (χ0n) is 16.1. The van der Waals surface area contributed by atoms with Crippen LogP contribution in [0, 0.1) is 10.8 Å². The Morgan fingerprint density at radius 2 is 1.79 bits per heavy atom. The SMILES string of the molecule is CCOC(=O)C=C1CC2(C1)CN(C(=O)OC(C)(C)C)C2C(C)(C)C. The lowest BCUT2D eigenvalue weighted by atomic mass is 9.50. The van der Waals surface area contributed by atoms with Crippen LogP contribution in [0.5, 0.6) is 0 Å². The number of hydrogen-bond donors (Lipinski definition) is 0. The highest BCUT2D eigenvalue weighted by Crippen LogP contribution is 2.60. The Balaban J connectivity index is 2.07. The molecule has 1 amide bonds. The summed E-state index contributed by atoms with van der Waals surface area (Å²) in [5.41, 5.74) is 0.668. The van der Waals surface area contributed by atoms with Crippen molar-refractivity contribution in [2.75, 3.05) is 13.2 Å². The van der Waals surface area contributed by atoms with E-state index in [9.17, 15) is 9.59 Å². The van der Waals surface area contributed by atoms with E-state index in [1.165, 1.54) is 0 Å². The Kier molecular flexibility index (Phi) is 4.77. The molecule has 2 aliphatic rings.